The normalized spacial score (nSPS) is 10.4. The number of aromatic nitrogens is 2. The van der Waals surface area contributed by atoms with Crippen LogP contribution in [0.25, 0.3) is 11.4 Å². The Bertz CT molecular complexity index is 563. The Morgan fingerprint density at radius 1 is 1.29 bits per heavy atom. The molecule has 0 saturated heterocycles. The van der Waals surface area contributed by atoms with Gasteiger partial charge in [-0.05, 0) is 34.7 Å². The van der Waals surface area contributed by atoms with E-state index in [0.29, 0.717) is 27.3 Å². The van der Waals surface area contributed by atoms with E-state index in [4.69, 9.17) is 27.9 Å². The van der Waals surface area contributed by atoms with E-state index >= 15 is 0 Å². The van der Waals surface area contributed by atoms with E-state index in [2.05, 4.69) is 32.6 Å². The standard InChI is InChI=1S/C11H7Cl2IN2O/c1-17-8-4-2-3-6(12)9(8)11-15-5-7(14)10(13)16-11/h2-5H,1H3. The SMILES string of the molecule is COc1cccc(Cl)c1-c1ncc(I)c(Cl)n1. The molecule has 1 aromatic carbocycles. The van der Waals surface area contributed by atoms with Crippen LogP contribution >= 0.6 is 45.8 Å². The van der Waals surface area contributed by atoms with Crippen molar-refractivity contribution in [2.45, 2.75) is 0 Å². The van der Waals surface area contributed by atoms with Crippen molar-refractivity contribution < 1.29 is 4.74 Å². The van der Waals surface area contributed by atoms with Crippen molar-refractivity contribution in [3.8, 4) is 17.1 Å². The molecule has 0 radical (unpaired) electrons. The third kappa shape index (κ3) is 2.64. The molecular formula is C11H7Cl2IN2O. The molecule has 0 aliphatic heterocycles. The number of methoxy groups -OCH3 is 1. The number of nitrogens with zero attached hydrogens (tertiary/aromatic N) is 2. The number of hydrogen-bond donors (Lipinski definition) is 0. The molecular weight excluding hydrogens is 374 g/mol. The predicted octanol–water partition coefficient (Wildman–Crippen LogP) is 4.06. The summed E-state index contributed by atoms with van der Waals surface area (Å²) in [5.41, 5.74) is 0.648. The van der Waals surface area contributed by atoms with E-state index in [9.17, 15) is 0 Å². The Kier molecular flexibility index (Phi) is 4.06. The van der Waals surface area contributed by atoms with Crippen LogP contribution in [0.3, 0.4) is 0 Å². The number of hydrogen-bond acceptors (Lipinski definition) is 3. The van der Waals surface area contributed by atoms with Crippen molar-refractivity contribution in [2.24, 2.45) is 0 Å². The highest BCUT2D eigenvalue weighted by molar-refractivity contribution is 14.1. The molecule has 0 atom stereocenters. The second-order valence-electron chi connectivity index (χ2n) is 3.15. The zero-order valence-corrected chi connectivity index (χ0v) is 12.4. The van der Waals surface area contributed by atoms with Gasteiger partial charge in [-0.1, -0.05) is 29.3 Å². The van der Waals surface area contributed by atoms with Gasteiger partial charge in [0.05, 0.1) is 21.3 Å². The van der Waals surface area contributed by atoms with Crippen LogP contribution in [0.5, 0.6) is 5.75 Å². The maximum Gasteiger partial charge on any atom is 0.166 e. The summed E-state index contributed by atoms with van der Waals surface area (Å²) in [6.07, 6.45) is 1.65. The summed E-state index contributed by atoms with van der Waals surface area (Å²) in [7, 11) is 1.57. The lowest BCUT2D eigenvalue weighted by Gasteiger charge is -2.09. The van der Waals surface area contributed by atoms with E-state index < -0.39 is 0 Å². The highest BCUT2D eigenvalue weighted by Gasteiger charge is 2.14. The third-order valence-corrected chi connectivity index (χ3v) is 3.83. The molecule has 0 amide bonds. The first kappa shape index (κ1) is 12.9. The number of rotatable bonds is 2. The van der Waals surface area contributed by atoms with Crippen molar-refractivity contribution in [3.63, 3.8) is 0 Å². The van der Waals surface area contributed by atoms with Gasteiger partial charge in [0.15, 0.2) is 5.82 Å². The summed E-state index contributed by atoms with van der Waals surface area (Å²) < 4.78 is 6.03. The zero-order chi connectivity index (χ0) is 12.4. The van der Waals surface area contributed by atoms with Crippen LogP contribution in [0, 0.1) is 3.57 Å². The third-order valence-electron chi connectivity index (χ3n) is 2.12. The first-order chi connectivity index (χ1) is 8.13. The minimum Gasteiger partial charge on any atom is -0.496 e. The van der Waals surface area contributed by atoms with E-state index in [0.717, 1.165) is 3.57 Å². The molecule has 6 heteroatoms. The first-order valence-corrected chi connectivity index (χ1v) is 6.48. The lowest BCUT2D eigenvalue weighted by molar-refractivity contribution is 0.416. The van der Waals surface area contributed by atoms with Gasteiger partial charge in [-0.3, -0.25) is 0 Å². The Balaban J connectivity index is 2.63. The molecule has 0 bridgehead atoms. The molecule has 88 valence electrons. The van der Waals surface area contributed by atoms with E-state index in [1.807, 2.05) is 0 Å². The molecule has 1 heterocycles. The molecule has 0 unspecified atom stereocenters. The average Bonchev–Trinajstić information content (AvgIpc) is 2.32. The largest absolute Gasteiger partial charge is 0.496 e. The lowest BCUT2D eigenvalue weighted by Crippen LogP contribution is -1.95. The van der Waals surface area contributed by atoms with Crippen molar-refractivity contribution in [1.29, 1.82) is 0 Å². The number of benzene rings is 1. The average molecular weight is 381 g/mol. The molecule has 0 N–H and O–H groups in total. The topological polar surface area (TPSA) is 35.0 Å². The number of ether oxygens (including phenoxy) is 1. The molecule has 2 rings (SSSR count). The van der Waals surface area contributed by atoms with Gasteiger partial charge >= 0.3 is 0 Å². The highest BCUT2D eigenvalue weighted by atomic mass is 127. The van der Waals surface area contributed by atoms with E-state index in [-0.39, 0.29) is 0 Å². The van der Waals surface area contributed by atoms with Crippen LogP contribution in [-0.2, 0) is 0 Å². The molecule has 0 fully saturated rings. The molecule has 0 saturated carbocycles. The van der Waals surface area contributed by atoms with Crippen molar-refractivity contribution in [2.75, 3.05) is 7.11 Å². The van der Waals surface area contributed by atoms with E-state index in [1.54, 1.807) is 31.5 Å². The summed E-state index contributed by atoms with van der Waals surface area (Å²) in [4.78, 5) is 8.41. The van der Waals surface area contributed by atoms with E-state index in [1.165, 1.54) is 0 Å². The predicted molar refractivity (Wildman–Crippen MR) is 76.8 cm³/mol. The van der Waals surface area contributed by atoms with Gasteiger partial charge in [0.25, 0.3) is 0 Å². The van der Waals surface area contributed by atoms with Gasteiger partial charge in [-0.2, -0.15) is 0 Å². The second kappa shape index (κ2) is 5.37. The fourth-order valence-electron chi connectivity index (χ4n) is 1.36. The molecule has 1 aromatic heterocycles. The number of halogens is 3. The highest BCUT2D eigenvalue weighted by Crippen LogP contribution is 2.34. The Morgan fingerprint density at radius 3 is 2.71 bits per heavy atom. The molecule has 17 heavy (non-hydrogen) atoms. The van der Waals surface area contributed by atoms with Crippen LogP contribution in [0.15, 0.2) is 24.4 Å². The van der Waals surface area contributed by atoms with Crippen LogP contribution in [0.4, 0.5) is 0 Å². The summed E-state index contributed by atoms with van der Waals surface area (Å²) in [5, 5.41) is 0.930. The van der Waals surface area contributed by atoms with Crippen molar-refractivity contribution in [3.05, 3.63) is 38.1 Å². The van der Waals surface area contributed by atoms with Gasteiger partial charge in [-0.25, -0.2) is 9.97 Å². The Morgan fingerprint density at radius 2 is 2.06 bits per heavy atom. The second-order valence-corrected chi connectivity index (χ2v) is 5.08. The maximum atomic E-state index is 6.13. The summed E-state index contributed by atoms with van der Waals surface area (Å²) in [6, 6.07) is 5.37. The minimum absolute atomic E-state index is 0.401. The van der Waals surface area contributed by atoms with Gasteiger partial charge in [0, 0.05) is 6.20 Å². The zero-order valence-electron chi connectivity index (χ0n) is 8.75. The van der Waals surface area contributed by atoms with Gasteiger partial charge in [-0.15, -0.1) is 0 Å². The van der Waals surface area contributed by atoms with Gasteiger partial charge < -0.3 is 4.74 Å². The monoisotopic (exact) mass is 380 g/mol. The maximum absolute atomic E-state index is 6.13. The smallest absolute Gasteiger partial charge is 0.166 e. The fourth-order valence-corrected chi connectivity index (χ4v) is 2.00. The first-order valence-electron chi connectivity index (χ1n) is 4.64. The molecule has 2 aromatic rings. The molecule has 3 nitrogen and oxygen atoms in total. The molecule has 0 spiro atoms. The quantitative estimate of drug-likeness (QED) is 0.582. The molecule has 0 aliphatic carbocycles. The van der Waals surface area contributed by atoms with Crippen molar-refractivity contribution >= 4 is 45.8 Å². The summed E-state index contributed by atoms with van der Waals surface area (Å²) >= 11 is 14.2. The Labute approximate surface area is 122 Å². The van der Waals surface area contributed by atoms with Crippen LogP contribution in [0.2, 0.25) is 10.2 Å². The van der Waals surface area contributed by atoms with Crippen LogP contribution in [0.1, 0.15) is 0 Å². The fraction of sp³-hybridized carbons (Fsp3) is 0.0909. The molecule has 0 aliphatic rings. The lowest BCUT2D eigenvalue weighted by atomic mass is 10.2. The van der Waals surface area contributed by atoms with Gasteiger partial charge in [0.2, 0.25) is 0 Å². The summed E-state index contributed by atoms with van der Waals surface area (Å²) in [5.74, 6) is 1.08. The van der Waals surface area contributed by atoms with Crippen LogP contribution < -0.4 is 4.74 Å². The Hall–Kier alpha value is -0.590. The van der Waals surface area contributed by atoms with Crippen LogP contribution in [-0.4, -0.2) is 17.1 Å². The minimum atomic E-state index is 0.401. The van der Waals surface area contributed by atoms with Gasteiger partial charge in [0.1, 0.15) is 10.9 Å². The van der Waals surface area contributed by atoms with Crippen molar-refractivity contribution in [1.82, 2.24) is 9.97 Å². The summed E-state index contributed by atoms with van der Waals surface area (Å²) in [6.45, 7) is 0.